The molecule has 1 heterocycles. The van der Waals surface area contributed by atoms with Crippen LogP contribution in [-0.2, 0) is 19.8 Å². The van der Waals surface area contributed by atoms with Crippen LogP contribution in [0.1, 0.15) is 51.9 Å². The Hall–Kier alpha value is -1.84. The van der Waals surface area contributed by atoms with Gasteiger partial charge in [-0.25, -0.2) is 0 Å². The largest absolute Gasteiger partial charge is 0.370 e. The molecule has 1 aromatic rings. The summed E-state index contributed by atoms with van der Waals surface area (Å²) in [4.78, 5) is 25.0. The standard InChI is InChI=1S/C24H33ClN4O4S/c1-15(28-7-2-8-29(34(28,32)33)20-5-3-19(25)4-6-20)23(31)27-22-17-9-16-10-18(22)13-24(11-16,12-17)14-21(26)30/h3-6,15-18,22H,2,7-14H2,1H3,(H2,26,30)(H,27,31). The number of nitrogens with one attached hydrogen (secondary N) is 1. The number of benzene rings is 1. The minimum Gasteiger partial charge on any atom is -0.370 e. The van der Waals surface area contributed by atoms with E-state index in [1.807, 2.05) is 0 Å². The summed E-state index contributed by atoms with van der Waals surface area (Å²) in [7, 11) is -3.85. The average molecular weight is 509 g/mol. The summed E-state index contributed by atoms with van der Waals surface area (Å²) in [6.07, 6.45) is 6.06. The molecule has 0 radical (unpaired) electrons. The molecule has 1 aromatic carbocycles. The fourth-order valence-corrected chi connectivity index (χ4v) is 9.40. The second kappa shape index (κ2) is 8.68. The van der Waals surface area contributed by atoms with E-state index >= 15 is 0 Å². The fraction of sp³-hybridized carbons (Fsp3) is 0.667. The summed E-state index contributed by atoms with van der Waals surface area (Å²) in [5.74, 6) is 0.757. The lowest BCUT2D eigenvalue weighted by Crippen LogP contribution is -2.63. The summed E-state index contributed by atoms with van der Waals surface area (Å²) in [6.45, 7) is 2.34. The van der Waals surface area contributed by atoms with Crippen LogP contribution in [0, 0.1) is 23.2 Å². The summed E-state index contributed by atoms with van der Waals surface area (Å²) in [5.41, 5.74) is 6.09. The first-order chi connectivity index (χ1) is 16.1. The van der Waals surface area contributed by atoms with Crippen molar-refractivity contribution in [2.75, 3.05) is 17.4 Å². The highest BCUT2D eigenvalue weighted by Gasteiger charge is 2.56. The molecule has 2 amide bonds. The molecule has 0 aromatic heterocycles. The number of anilines is 1. The molecule has 3 N–H and O–H groups in total. The van der Waals surface area contributed by atoms with Crippen molar-refractivity contribution in [3.63, 3.8) is 0 Å². The van der Waals surface area contributed by atoms with E-state index in [2.05, 4.69) is 5.32 Å². The van der Waals surface area contributed by atoms with Gasteiger partial charge in [-0.05, 0) is 92.9 Å². The molecule has 1 aliphatic heterocycles. The first kappa shape index (κ1) is 23.9. The normalized spacial score (nSPS) is 35.2. The van der Waals surface area contributed by atoms with Gasteiger partial charge in [0.1, 0.15) is 6.04 Å². The number of carbonyl (C=O) groups is 2. The van der Waals surface area contributed by atoms with Crippen LogP contribution in [0.4, 0.5) is 5.69 Å². The molecule has 6 rings (SSSR count). The van der Waals surface area contributed by atoms with E-state index in [0.29, 0.717) is 54.4 Å². The number of carbonyl (C=O) groups excluding carboxylic acids is 2. The first-order valence-electron chi connectivity index (χ1n) is 12.2. The number of amides is 2. The van der Waals surface area contributed by atoms with Gasteiger partial charge in [0, 0.05) is 30.6 Å². The number of rotatable bonds is 6. The van der Waals surface area contributed by atoms with E-state index in [4.69, 9.17) is 17.3 Å². The van der Waals surface area contributed by atoms with Gasteiger partial charge in [-0.3, -0.25) is 13.9 Å². The quantitative estimate of drug-likeness (QED) is 0.615. The number of nitrogens with two attached hydrogens (primary N) is 1. The van der Waals surface area contributed by atoms with Crippen LogP contribution in [0.5, 0.6) is 0 Å². The highest BCUT2D eigenvalue weighted by molar-refractivity contribution is 7.90. The van der Waals surface area contributed by atoms with Crippen molar-refractivity contribution < 1.29 is 18.0 Å². The van der Waals surface area contributed by atoms with Crippen LogP contribution >= 0.6 is 11.6 Å². The molecule has 8 nitrogen and oxygen atoms in total. The maximum absolute atomic E-state index is 13.4. The number of halogens is 1. The van der Waals surface area contributed by atoms with Gasteiger partial charge >= 0.3 is 10.2 Å². The Balaban J connectivity index is 1.29. The van der Waals surface area contributed by atoms with Crippen molar-refractivity contribution >= 4 is 39.3 Å². The van der Waals surface area contributed by atoms with Gasteiger partial charge in [0.25, 0.3) is 0 Å². The van der Waals surface area contributed by atoms with E-state index in [1.165, 1.54) is 8.61 Å². The van der Waals surface area contributed by atoms with Gasteiger partial charge in [0.05, 0.1) is 5.69 Å². The molecule has 4 saturated carbocycles. The average Bonchev–Trinajstić information content (AvgIpc) is 2.75. The van der Waals surface area contributed by atoms with E-state index in [-0.39, 0.29) is 23.3 Å². The molecule has 4 bridgehead atoms. The highest BCUT2D eigenvalue weighted by Crippen LogP contribution is 2.61. The first-order valence-corrected chi connectivity index (χ1v) is 14.0. The molecule has 0 spiro atoms. The van der Waals surface area contributed by atoms with Gasteiger partial charge in [0.2, 0.25) is 11.8 Å². The molecule has 5 fully saturated rings. The van der Waals surface area contributed by atoms with Crippen molar-refractivity contribution in [1.82, 2.24) is 9.62 Å². The minimum absolute atomic E-state index is 0.00946. The van der Waals surface area contributed by atoms with Crippen LogP contribution in [-0.4, -0.2) is 49.7 Å². The Bertz CT molecular complexity index is 1060. The van der Waals surface area contributed by atoms with Crippen molar-refractivity contribution in [3.8, 4) is 0 Å². The molecular weight excluding hydrogens is 476 g/mol. The lowest BCUT2D eigenvalue weighted by Gasteiger charge is -2.60. The van der Waals surface area contributed by atoms with Gasteiger partial charge in [-0.15, -0.1) is 0 Å². The predicted molar refractivity (Wildman–Crippen MR) is 130 cm³/mol. The second-order valence-corrected chi connectivity index (χ2v) is 13.1. The van der Waals surface area contributed by atoms with Crippen molar-refractivity contribution in [2.45, 2.75) is 64.0 Å². The Morgan fingerprint density at radius 3 is 2.41 bits per heavy atom. The molecule has 3 unspecified atom stereocenters. The summed E-state index contributed by atoms with van der Waals surface area (Å²) < 4.78 is 29.5. The van der Waals surface area contributed by atoms with Crippen molar-refractivity contribution in [2.24, 2.45) is 28.9 Å². The SMILES string of the molecule is CC(C(=O)NC1C2CC3CC1CC(CC(N)=O)(C3)C2)N1CCCN(c2ccc(Cl)cc2)S1(=O)=O. The molecule has 186 valence electrons. The van der Waals surface area contributed by atoms with Crippen LogP contribution in [0.2, 0.25) is 5.02 Å². The Labute approximate surface area is 206 Å². The Morgan fingerprint density at radius 2 is 1.79 bits per heavy atom. The van der Waals surface area contributed by atoms with Crippen LogP contribution in [0.15, 0.2) is 24.3 Å². The molecule has 4 aliphatic carbocycles. The number of primary amides is 1. The van der Waals surface area contributed by atoms with E-state index < -0.39 is 16.3 Å². The summed E-state index contributed by atoms with van der Waals surface area (Å²) in [6, 6.07) is 5.93. The number of nitrogens with zero attached hydrogens (tertiary/aromatic N) is 2. The van der Waals surface area contributed by atoms with Crippen LogP contribution in [0.25, 0.3) is 0 Å². The fourth-order valence-electron chi connectivity index (χ4n) is 7.42. The summed E-state index contributed by atoms with van der Waals surface area (Å²) >= 11 is 5.97. The van der Waals surface area contributed by atoms with Crippen LogP contribution in [0.3, 0.4) is 0 Å². The topological polar surface area (TPSA) is 113 Å². The highest BCUT2D eigenvalue weighted by atomic mass is 35.5. The summed E-state index contributed by atoms with van der Waals surface area (Å²) in [5, 5.41) is 3.77. The van der Waals surface area contributed by atoms with Gasteiger partial charge < -0.3 is 11.1 Å². The lowest BCUT2D eigenvalue weighted by atomic mass is 9.47. The zero-order valence-corrected chi connectivity index (χ0v) is 21.0. The molecular formula is C24H33ClN4O4S. The van der Waals surface area contributed by atoms with Crippen LogP contribution < -0.4 is 15.4 Å². The Kier molecular flexibility index (Phi) is 6.09. The Morgan fingerprint density at radius 1 is 1.15 bits per heavy atom. The molecule has 1 saturated heterocycles. The number of hydrogen-bond acceptors (Lipinski definition) is 4. The minimum atomic E-state index is -3.85. The third-order valence-electron chi connectivity index (χ3n) is 8.50. The molecule has 5 aliphatic rings. The number of hydrogen-bond donors (Lipinski definition) is 2. The van der Waals surface area contributed by atoms with Gasteiger partial charge in [-0.1, -0.05) is 11.6 Å². The predicted octanol–water partition coefficient (Wildman–Crippen LogP) is 2.67. The third-order valence-corrected chi connectivity index (χ3v) is 10.8. The van der Waals surface area contributed by atoms with Crippen molar-refractivity contribution in [1.29, 1.82) is 0 Å². The van der Waals surface area contributed by atoms with Gasteiger partial charge in [0.15, 0.2) is 0 Å². The second-order valence-electron chi connectivity index (χ2n) is 10.8. The molecule has 3 atom stereocenters. The lowest BCUT2D eigenvalue weighted by molar-refractivity contribution is -0.136. The molecule has 34 heavy (non-hydrogen) atoms. The zero-order valence-electron chi connectivity index (χ0n) is 19.5. The third kappa shape index (κ3) is 4.20. The smallest absolute Gasteiger partial charge is 0.304 e. The van der Waals surface area contributed by atoms with E-state index in [9.17, 15) is 18.0 Å². The maximum Gasteiger partial charge on any atom is 0.304 e. The van der Waals surface area contributed by atoms with E-state index in [1.54, 1.807) is 31.2 Å². The van der Waals surface area contributed by atoms with E-state index in [0.717, 1.165) is 32.1 Å². The monoisotopic (exact) mass is 508 g/mol. The van der Waals surface area contributed by atoms with Gasteiger partial charge in [-0.2, -0.15) is 12.7 Å². The maximum atomic E-state index is 13.4. The zero-order chi connectivity index (χ0) is 24.3. The van der Waals surface area contributed by atoms with Crippen molar-refractivity contribution in [3.05, 3.63) is 29.3 Å². The molecule has 10 heteroatoms.